The Balaban J connectivity index is 1.66. The summed E-state index contributed by atoms with van der Waals surface area (Å²) in [7, 11) is 1.88. The van der Waals surface area contributed by atoms with Gasteiger partial charge in [-0.25, -0.2) is 0 Å². The number of allylic oxidation sites excluding steroid dienone is 2. The lowest BCUT2D eigenvalue weighted by Crippen LogP contribution is -2.38. The van der Waals surface area contributed by atoms with Crippen LogP contribution in [-0.2, 0) is 22.6 Å². The van der Waals surface area contributed by atoms with Crippen molar-refractivity contribution >= 4 is 52.6 Å². The molecule has 0 radical (unpaired) electrons. The minimum Gasteiger partial charge on any atom is -0.548 e. The van der Waals surface area contributed by atoms with E-state index in [9.17, 15) is 14.7 Å². The van der Waals surface area contributed by atoms with E-state index >= 15 is 0 Å². The molecule has 0 saturated carbocycles. The first-order valence-corrected chi connectivity index (χ1v) is 12.7. The maximum atomic E-state index is 12.9. The summed E-state index contributed by atoms with van der Waals surface area (Å²) < 4.78 is 10.0. The quantitative estimate of drug-likeness (QED) is 0.452. The molecule has 0 saturated heterocycles. The van der Waals surface area contributed by atoms with E-state index in [-0.39, 0.29) is 5.56 Å². The number of carboxylic acid groups (broad SMARTS) is 1. The zero-order valence-corrected chi connectivity index (χ0v) is 21.3. The number of carbonyl (C=O) groups excluding carboxylic acids is 1. The van der Waals surface area contributed by atoms with Gasteiger partial charge >= 0.3 is 0 Å². The number of carboxylic acids is 1. The van der Waals surface area contributed by atoms with Crippen molar-refractivity contribution in [1.82, 2.24) is 9.47 Å². The SMILES string of the molecule is CC[n+]1c(C)csc1/C=C/C=c1/s/c(=C/C=C2\OC=C(c3ccccc3)N2C)c(=O)n1CC(=O)[O-]. The molecule has 0 amide bonds. The molecule has 4 rings (SSSR count). The Bertz CT molecular complexity index is 1510. The maximum absolute atomic E-state index is 12.9. The van der Waals surface area contributed by atoms with Crippen LogP contribution in [0, 0.1) is 6.92 Å². The molecule has 0 bridgehead atoms. The van der Waals surface area contributed by atoms with E-state index in [0.717, 1.165) is 22.8 Å². The predicted molar refractivity (Wildman–Crippen MR) is 137 cm³/mol. The van der Waals surface area contributed by atoms with Crippen LogP contribution < -0.4 is 24.4 Å². The van der Waals surface area contributed by atoms with Crippen LogP contribution in [-0.4, -0.2) is 22.5 Å². The molecule has 2 aromatic heterocycles. The van der Waals surface area contributed by atoms with Crippen LogP contribution >= 0.6 is 22.7 Å². The highest BCUT2D eigenvalue weighted by atomic mass is 32.1. The van der Waals surface area contributed by atoms with Gasteiger partial charge in [-0.1, -0.05) is 47.7 Å². The summed E-state index contributed by atoms with van der Waals surface area (Å²) in [5, 5.41) is 14.4. The molecular weight excluding hydrogens is 482 g/mol. The lowest BCUT2D eigenvalue weighted by molar-refractivity contribution is -0.696. The van der Waals surface area contributed by atoms with Crippen molar-refractivity contribution < 1.29 is 19.2 Å². The number of hydrogen-bond acceptors (Lipinski definition) is 7. The molecule has 0 spiro atoms. The largest absolute Gasteiger partial charge is 0.548 e. The fraction of sp³-hybridized carbons (Fsp3) is 0.192. The molecule has 35 heavy (non-hydrogen) atoms. The number of carbonyl (C=O) groups is 1. The van der Waals surface area contributed by atoms with Crippen molar-refractivity contribution in [1.29, 1.82) is 0 Å². The van der Waals surface area contributed by atoms with E-state index in [0.29, 0.717) is 15.1 Å². The molecular formula is C26H25N3O4S2. The first kappa shape index (κ1) is 24.4. The minimum atomic E-state index is -1.32. The van der Waals surface area contributed by atoms with E-state index in [1.807, 2.05) is 54.4 Å². The summed E-state index contributed by atoms with van der Waals surface area (Å²) in [6, 6.07) is 9.84. The van der Waals surface area contributed by atoms with Gasteiger partial charge in [0.05, 0.1) is 32.8 Å². The first-order valence-electron chi connectivity index (χ1n) is 11.0. The van der Waals surface area contributed by atoms with E-state index in [2.05, 4.69) is 23.8 Å². The summed E-state index contributed by atoms with van der Waals surface area (Å²) >= 11 is 2.85. The molecule has 0 fully saturated rings. The van der Waals surface area contributed by atoms with Gasteiger partial charge in [-0.15, -0.1) is 11.3 Å². The van der Waals surface area contributed by atoms with Crippen LogP contribution in [0.4, 0.5) is 0 Å². The highest BCUT2D eigenvalue weighted by Crippen LogP contribution is 2.28. The van der Waals surface area contributed by atoms with E-state index in [1.54, 1.807) is 35.8 Å². The normalized spacial score (nSPS) is 15.9. The van der Waals surface area contributed by atoms with Crippen LogP contribution in [0.3, 0.4) is 0 Å². The Morgan fingerprint density at radius 2 is 1.97 bits per heavy atom. The molecule has 7 nitrogen and oxygen atoms in total. The smallest absolute Gasteiger partial charge is 0.269 e. The molecule has 0 N–H and O–H groups in total. The number of ether oxygens (including phenoxy) is 1. The average Bonchev–Trinajstić information content (AvgIpc) is 3.48. The van der Waals surface area contributed by atoms with Gasteiger partial charge in [-0.05, 0) is 19.1 Å². The Morgan fingerprint density at radius 3 is 2.69 bits per heavy atom. The van der Waals surface area contributed by atoms with Crippen LogP contribution in [0.1, 0.15) is 23.2 Å². The zero-order chi connectivity index (χ0) is 24.9. The lowest BCUT2D eigenvalue weighted by atomic mass is 10.1. The molecule has 3 heterocycles. The summed E-state index contributed by atoms with van der Waals surface area (Å²) in [5.74, 6) is -0.757. The minimum absolute atomic E-state index is 0.386. The zero-order valence-electron chi connectivity index (χ0n) is 19.6. The summed E-state index contributed by atoms with van der Waals surface area (Å²) in [6.45, 7) is 4.48. The second-order valence-electron chi connectivity index (χ2n) is 7.77. The van der Waals surface area contributed by atoms with Crippen LogP contribution in [0.2, 0.25) is 0 Å². The Kier molecular flexibility index (Phi) is 7.48. The van der Waals surface area contributed by atoms with Crippen molar-refractivity contribution in [2.75, 3.05) is 7.05 Å². The third-order valence-electron chi connectivity index (χ3n) is 5.49. The van der Waals surface area contributed by atoms with E-state index in [1.165, 1.54) is 21.6 Å². The standard InChI is InChI=1S/C26H25N3O4S2/c1-4-28-18(2)17-34-23(28)11-8-12-24-29(15-25(30)31)26(32)21(35-24)13-14-22-27(3)20(16-33-22)19-9-6-5-7-10-19/h5-14,16-17H,4,15H2,1-3H3/b21-13+,22-14-. The molecule has 3 aromatic rings. The number of thiazole rings is 2. The van der Waals surface area contributed by atoms with Gasteiger partial charge in [0.15, 0.2) is 11.6 Å². The number of nitrogens with zero attached hydrogens (tertiary/aromatic N) is 3. The monoisotopic (exact) mass is 507 g/mol. The third-order valence-corrected chi connectivity index (χ3v) is 7.64. The highest BCUT2D eigenvalue weighted by Gasteiger charge is 2.19. The van der Waals surface area contributed by atoms with Gasteiger partial charge in [0.1, 0.15) is 12.8 Å². The third kappa shape index (κ3) is 5.36. The Labute approximate surface area is 210 Å². The van der Waals surface area contributed by atoms with Gasteiger partial charge in [-0.2, -0.15) is 4.57 Å². The number of hydrogen-bond donors (Lipinski definition) is 0. The van der Waals surface area contributed by atoms with Gasteiger partial charge in [0.25, 0.3) is 10.6 Å². The topological polar surface area (TPSA) is 78.5 Å². The Morgan fingerprint density at radius 1 is 1.20 bits per heavy atom. The van der Waals surface area contributed by atoms with Gasteiger partial charge in [0, 0.05) is 31.7 Å². The van der Waals surface area contributed by atoms with Crippen molar-refractivity contribution in [3.05, 3.63) is 95.8 Å². The summed E-state index contributed by atoms with van der Waals surface area (Å²) in [6.07, 6.45) is 10.6. The van der Waals surface area contributed by atoms with Crippen molar-refractivity contribution in [3.63, 3.8) is 0 Å². The summed E-state index contributed by atoms with van der Waals surface area (Å²) in [4.78, 5) is 26.1. The average molecular weight is 508 g/mol. The second-order valence-corrected chi connectivity index (χ2v) is 9.72. The number of benzene rings is 1. The van der Waals surface area contributed by atoms with Crippen LogP contribution in [0.25, 0.3) is 23.9 Å². The molecule has 1 aromatic carbocycles. The second kappa shape index (κ2) is 10.7. The number of aromatic nitrogens is 2. The highest BCUT2D eigenvalue weighted by molar-refractivity contribution is 7.10. The van der Waals surface area contributed by atoms with Crippen molar-refractivity contribution in [3.8, 4) is 0 Å². The predicted octanol–water partition coefficient (Wildman–Crippen LogP) is 1.41. The van der Waals surface area contributed by atoms with E-state index < -0.39 is 12.5 Å². The number of aryl methyl sites for hydroxylation is 1. The van der Waals surface area contributed by atoms with Crippen molar-refractivity contribution in [2.24, 2.45) is 0 Å². The van der Waals surface area contributed by atoms with Crippen LogP contribution in [0.5, 0.6) is 0 Å². The molecule has 9 heteroatoms. The number of aliphatic carboxylic acids is 1. The fourth-order valence-electron chi connectivity index (χ4n) is 3.71. The van der Waals surface area contributed by atoms with Gasteiger partial charge < -0.3 is 19.5 Å². The van der Waals surface area contributed by atoms with Gasteiger partial charge in [-0.3, -0.25) is 9.36 Å². The van der Waals surface area contributed by atoms with E-state index in [4.69, 9.17) is 4.74 Å². The fourth-order valence-corrected chi connectivity index (χ4v) is 5.65. The maximum Gasteiger partial charge on any atom is 0.269 e. The summed E-state index contributed by atoms with van der Waals surface area (Å²) in [5.41, 5.74) is 2.71. The molecule has 0 aliphatic carbocycles. The van der Waals surface area contributed by atoms with Crippen molar-refractivity contribution in [2.45, 2.75) is 26.9 Å². The van der Waals surface area contributed by atoms with Gasteiger partial charge in [0.2, 0.25) is 0 Å². The molecule has 1 aliphatic heterocycles. The molecule has 1 aliphatic rings. The molecule has 180 valence electrons. The molecule has 0 unspecified atom stereocenters. The van der Waals surface area contributed by atoms with Crippen LogP contribution in [0.15, 0.2) is 64.8 Å². The first-order chi connectivity index (χ1) is 16.9. The Hall–Kier alpha value is -3.69. The number of rotatable bonds is 7. The lowest BCUT2D eigenvalue weighted by Gasteiger charge is -2.15. The molecule has 0 atom stereocenters.